The first-order valence-corrected chi connectivity index (χ1v) is 9.33. The molecule has 1 fully saturated rings. The van der Waals surface area contributed by atoms with E-state index in [1.54, 1.807) is 18.2 Å². The highest BCUT2D eigenvalue weighted by atomic mass is 35.5. The van der Waals surface area contributed by atoms with Gasteiger partial charge >= 0.3 is 11.9 Å². The minimum Gasteiger partial charge on any atom is -0.479 e. The quantitative estimate of drug-likeness (QED) is 0.407. The highest BCUT2D eigenvalue weighted by Gasteiger charge is 2.40. The van der Waals surface area contributed by atoms with Crippen LogP contribution >= 0.6 is 23.2 Å². The molecule has 1 aliphatic rings. The Morgan fingerprint density at radius 3 is 2.07 bits per heavy atom. The molecule has 1 aromatic rings. The van der Waals surface area contributed by atoms with Crippen molar-refractivity contribution in [3.63, 3.8) is 0 Å². The maximum Gasteiger partial charge on any atom is 0.335 e. The monoisotopic (exact) mass is 435 g/mol. The van der Waals surface area contributed by atoms with Gasteiger partial charge in [0.1, 0.15) is 0 Å². The van der Waals surface area contributed by atoms with E-state index in [4.69, 9.17) is 43.6 Å². The third-order valence-electron chi connectivity index (χ3n) is 4.44. The summed E-state index contributed by atoms with van der Waals surface area (Å²) >= 11 is 11.9. The molecule has 1 aromatic carbocycles. The van der Waals surface area contributed by atoms with Crippen molar-refractivity contribution in [3.8, 4) is 0 Å². The number of carboxylic acid groups (broad SMARTS) is 2. The second kappa shape index (κ2) is 10.7. The molecule has 0 saturated carbocycles. The van der Waals surface area contributed by atoms with Gasteiger partial charge in [-0.15, -0.1) is 0 Å². The molecule has 0 aromatic heterocycles. The summed E-state index contributed by atoms with van der Waals surface area (Å²) in [6.45, 7) is 3.79. The Morgan fingerprint density at radius 2 is 1.68 bits per heavy atom. The van der Waals surface area contributed by atoms with Crippen LogP contribution in [0.15, 0.2) is 18.2 Å². The van der Waals surface area contributed by atoms with Gasteiger partial charge in [0.15, 0.2) is 18.0 Å². The molecule has 1 saturated heterocycles. The summed E-state index contributed by atoms with van der Waals surface area (Å²) in [6, 6.07) is 5.15. The SMILES string of the molecule is CCCC1(C(=O)c2ccc(Cl)c(Cl)c2)CCNC1.O=C(O)C(O)C(O)C(=O)O. The summed E-state index contributed by atoms with van der Waals surface area (Å²) < 4.78 is 0. The maximum absolute atomic E-state index is 12.7. The number of rotatable bonds is 7. The molecule has 0 bridgehead atoms. The number of halogens is 2. The lowest BCUT2D eigenvalue weighted by Crippen LogP contribution is -2.39. The minimum absolute atomic E-state index is 0.188. The van der Waals surface area contributed by atoms with E-state index in [0.29, 0.717) is 15.6 Å². The Hall–Kier alpha value is -1.71. The molecule has 156 valence electrons. The van der Waals surface area contributed by atoms with Crippen LogP contribution in [0.1, 0.15) is 36.5 Å². The third kappa shape index (κ3) is 6.15. The third-order valence-corrected chi connectivity index (χ3v) is 5.18. The summed E-state index contributed by atoms with van der Waals surface area (Å²) in [4.78, 5) is 32.2. The van der Waals surface area contributed by atoms with E-state index in [0.717, 1.165) is 32.4 Å². The van der Waals surface area contributed by atoms with Gasteiger partial charge in [-0.2, -0.15) is 0 Å². The van der Waals surface area contributed by atoms with Gasteiger partial charge in [0, 0.05) is 17.5 Å². The number of nitrogens with one attached hydrogen (secondary N) is 1. The number of hydrogen-bond acceptors (Lipinski definition) is 6. The van der Waals surface area contributed by atoms with Crippen LogP contribution in [0.4, 0.5) is 0 Å². The lowest BCUT2D eigenvalue weighted by Gasteiger charge is -2.26. The Morgan fingerprint density at radius 1 is 1.11 bits per heavy atom. The van der Waals surface area contributed by atoms with Crippen molar-refractivity contribution in [2.75, 3.05) is 13.1 Å². The zero-order valence-electron chi connectivity index (χ0n) is 15.2. The van der Waals surface area contributed by atoms with E-state index in [1.165, 1.54) is 0 Å². The molecule has 1 aliphatic heterocycles. The van der Waals surface area contributed by atoms with Gasteiger partial charge in [0.2, 0.25) is 0 Å². The largest absolute Gasteiger partial charge is 0.479 e. The number of ketones is 1. The van der Waals surface area contributed by atoms with Gasteiger partial charge in [-0.05, 0) is 37.6 Å². The molecule has 28 heavy (non-hydrogen) atoms. The van der Waals surface area contributed by atoms with Gasteiger partial charge < -0.3 is 25.7 Å². The summed E-state index contributed by atoms with van der Waals surface area (Å²) in [6.07, 6.45) is -1.71. The fourth-order valence-corrected chi connectivity index (χ4v) is 3.25. The number of Topliss-reactive ketones (excluding diaryl/α,β-unsaturated/α-hetero) is 1. The molecular formula is C18H23Cl2NO7. The summed E-state index contributed by atoms with van der Waals surface area (Å²) in [5.74, 6) is -3.35. The fourth-order valence-electron chi connectivity index (χ4n) is 2.96. The average molecular weight is 436 g/mol. The first-order valence-electron chi connectivity index (χ1n) is 8.58. The summed E-state index contributed by atoms with van der Waals surface area (Å²) in [5.41, 5.74) is 0.410. The van der Waals surface area contributed by atoms with Crippen LogP contribution in [0.3, 0.4) is 0 Å². The Labute approximate surface area is 172 Å². The van der Waals surface area contributed by atoms with Crippen molar-refractivity contribution in [1.29, 1.82) is 0 Å². The van der Waals surface area contributed by atoms with Gasteiger partial charge in [-0.1, -0.05) is 36.5 Å². The van der Waals surface area contributed by atoms with E-state index in [-0.39, 0.29) is 11.2 Å². The van der Waals surface area contributed by atoms with Crippen LogP contribution < -0.4 is 5.32 Å². The topological polar surface area (TPSA) is 144 Å². The number of aliphatic hydroxyl groups excluding tert-OH is 2. The van der Waals surface area contributed by atoms with Crippen LogP contribution in [-0.2, 0) is 9.59 Å². The molecule has 0 amide bonds. The number of carboxylic acids is 2. The number of hydrogen-bond donors (Lipinski definition) is 5. The smallest absolute Gasteiger partial charge is 0.335 e. The standard InChI is InChI=1S/C14H17Cl2NO.C4H6O6/c1-2-5-14(6-7-17-9-14)13(18)10-3-4-11(15)12(16)8-10;5-1(3(7)8)2(6)4(9)10/h3-4,8,17H,2,5-7,9H2,1H3;1-2,5-6H,(H,7,8)(H,9,10). The first-order chi connectivity index (χ1) is 13.1. The van der Waals surface area contributed by atoms with E-state index in [2.05, 4.69) is 12.2 Å². The molecule has 3 atom stereocenters. The predicted octanol–water partition coefficient (Wildman–Crippen LogP) is 1.83. The number of aliphatic hydroxyl groups is 2. The van der Waals surface area contributed by atoms with E-state index >= 15 is 0 Å². The second-order valence-electron chi connectivity index (χ2n) is 6.48. The molecule has 5 N–H and O–H groups in total. The van der Waals surface area contributed by atoms with Crippen LogP contribution in [0, 0.1) is 5.41 Å². The van der Waals surface area contributed by atoms with Crippen molar-refractivity contribution >= 4 is 40.9 Å². The zero-order chi connectivity index (χ0) is 21.5. The normalized spacial score (nSPS) is 20.6. The lowest BCUT2D eigenvalue weighted by atomic mass is 9.76. The molecule has 2 rings (SSSR count). The van der Waals surface area contributed by atoms with Crippen molar-refractivity contribution in [2.45, 2.75) is 38.4 Å². The molecule has 10 heteroatoms. The highest BCUT2D eigenvalue weighted by molar-refractivity contribution is 6.42. The fraction of sp³-hybridized carbons (Fsp3) is 0.500. The van der Waals surface area contributed by atoms with Gasteiger partial charge in [-0.25, -0.2) is 9.59 Å². The zero-order valence-corrected chi connectivity index (χ0v) is 16.7. The van der Waals surface area contributed by atoms with Crippen LogP contribution in [-0.4, -0.2) is 63.4 Å². The Bertz CT molecular complexity index is 702. The molecule has 8 nitrogen and oxygen atoms in total. The highest BCUT2D eigenvalue weighted by Crippen LogP contribution is 2.36. The number of carbonyl (C=O) groups excluding carboxylic acids is 1. The lowest BCUT2D eigenvalue weighted by molar-refractivity contribution is -0.165. The molecule has 0 spiro atoms. The average Bonchev–Trinajstić information content (AvgIpc) is 3.12. The van der Waals surface area contributed by atoms with E-state index in [9.17, 15) is 14.4 Å². The predicted molar refractivity (Wildman–Crippen MR) is 103 cm³/mol. The number of benzene rings is 1. The van der Waals surface area contributed by atoms with Crippen molar-refractivity contribution in [1.82, 2.24) is 5.32 Å². The molecule has 0 radical (unpaired) electrons. The Balaban J connectivity index is 0.000000336. The van der Waals surface area contributed by atoms with Crippen LogP contribution in [0.5, 0.6) is 0 Å². The molecular weight excluding hydrogens is 413 g/mol. The summed E-state index contributed by atoms with van der Waals surface area (Å²) in [7, 11) is 0. The molecule has 3 unspecified atom stereocenters. The van der Waals surface area contributed by atoms with E-state index in [1.807, 2.05) is 0 Å². The van der Waals surface area contributed by atoms with Gasteiger partial charge in [-0.3, -0.25) is 4.79 Å². The molecule has 0 aliphatic carbocycles. The molecule has 1 heterocycles. The van der Waals surface area contributed by atoms with Crippen molar-refractivity contribution in [2.24, 2.45) is 5.41 Å². The first kappa shape index (κ1) is 24.3. The minimum atomic E-state index is -2.27. The van der Waals surface area contributed by atoms with Crippen molar-refractivity contribution in [3.05, 3.63) is 33.8 Å². The van der Waals surface area contributed by atoms with Crippen molar-refractivity contribution < 1.29 is 34.8 Å². The summed E-state index contributed by atoms with van der Waals surface area (Å²) in [5, 5.41) is 36.8. The van der Waals surface area contributed by atoms with Crippen LogP contribution in [0.25, 0.3) is 0 Å². The number of carbonyl (C=O) groups is 3. The van der Waals surface area contributed by atoms with E-state index < -0.39 is 24.1 Å². The number of aliphatic carboxylic acids is 2. The second-order valence-corrected chi connectivity index (χ2v) is 7.30. The van der Waals surface area contributed by atoms with Crippen LogP contribution in [0.2, 0.25) is 10.0 Å². The van der Waals surface area contributed by atoms with Gasteiger partial charge in [0.25, 0.3) is 0 Å². The Kier molecular flexibility index (Phi) is 9.32. The maximum atomic E-state index is 12.7. The van der Waals surface area contributed by atoms with Gasteiger partial charge in [0.05, 0.1) is 10.0 Å².